The molecule has 32 heavy (non-hydrogen) atoms. The third kappa shape index (κ3) is 5.26. The zero-order valence-electron chi connectivity index (χ0n) is 16.9. The van der Waals surface area contributed by atoms with E-state index in [1.54, 1.807) is 24.3 Å². The molecule has 3 rings (SSSR count). The van der Waals surface area contributed by atoms with Crippen molar-refractivity contribution in [3.05, 3.63) is 60.2 Å². The average Bonchev–Trinajstić information content (AvgIpc) is 2.91. The molecule has 0 fully saturated rings. The van der Waals surface area contributed by atoms with Gasteiger partial charge in [0.05, 0.1) is 24.9 Å². The van der Waals surface area contributed by atoms with Gasteiger partial charge in [-0.3, -0.25) is 14.5 Å². The molecule has 0 spiro atoms. The normalized spacial score (nSPS) is 16.2. The summed E-state index contributed by atoms with van der Waals surface area (Å²) in [5.74, 6) is -2.42. The SMILES string of the molecule is COc1ccccc1/C=C/C(=O)OCC(=O)N1c2ccccc2NC(=O)CC1C(F)(F)F. The number of nitrogens with zero attached hydrogens (tertiary/aromatic N) is 1. The number of rotatable bonds is 5. The Morgan fingerprint density at radius 3 is 2.56 bits per heavy atom. The summed E-state index contributed by atoms with van der Waals surface area (Å²) in [6, 6.07) is 10.0. The summed E-state index contributed by atoms with van der Waals surface area (Å²) in [7, 11) is 1.46. The van der Waals surface area contributed by atoms with Gasteiger partial charge in [-0.1, -0.05) is 30.3 Å². The lowest BCUT2D eigenvalue weighted by Crippen LogP contribution is -2.51. The van der Waals surface area contributed by atoms with Gasteiger partial charge in [0.15, 0.2) is 6.61 Å². The van der Waals surface area contributed by atoms with E-state index in [-0.39, 0.29) is 11.4 Å². The quantitative estimate of drug-likeness (QED) is 0.559. The molecule has 0 aliphatic carbocycles. The molecule has 2 aromatic carbocycles. The van der Waals surface area contributed by atoms with Gasteiger partial charge in [-0.15, -0.1) is 0 Å². The largest absolute Gasteiger partial charge is 0.496 e. The molecule has 0 saturated carbocycles. The van der Waals surface area contributed by atoms with Crippen LogP contribution in [0.4, 0.5) is 24.5 Å². The number of para-hydroxylation sites is 3. The molecule has 2 aromatic rings. The van der Waals surface area contributed by atoms with Crippen LogP contribution in [-0.2, 0) is 19.1 Å². The molecule has 1 atom stereocenters. The molecule has 1 N–H and O–H groups in total. The minimum Gasteiger partial charge on any atom is -0.496 e. The average molecular weight is 448 g/mol. The van der Waals surface area contributed by atoms with Crippen LogP contribution in [0.2, 0.25) is 0 Å². The number of esters is 1. The van der Waals surface area contributed by atoms with Gasteiger partial charge in [0.2, 0.25) is 5.91 Å². The van der Waals surface area contributed by atoms with E-state index in [1.807, 2.05) is 0 Å². The first-order chi connectivity index (χ1) is 15.2. The van der Waals surface area contributed by atoms with E-state index < -0.39 is 43.0 Å². The van der Waals surface area contributed by atoms with Gasteiger partial charge in [-0.05, 0) is 24.3 Å². The Balaban J connectivity index is 1.78. The smallest absolute Gasteiger partial charge is 0.409 e. The predicted octanol–water partition coefficient (Wildman–Crippen LogP) is 3.56. The van der Waals surface area contributed by atoms with Crippen LogP contribution >= 0.6 is 0 Å². The number of hydrogen-bond acceptors (Lipinski definition) is 5. The van der Waals surface area contributed by atoms with Crippen molar-refractivity contribution < 1.29 is 37.0 Å². The van der Waals surface area contributed by atoms with Gasteiger partial charge >= 0.3 is 12.1 Å². The van der Waals surface area contributed by atoms with Crippen LogP contribution in [0, 0.1) is 0 Å². The summed E-state index contributed by atoms with van der Waals surface area (Å²) < 4.78 is 51.0. The highest BCUT2D eigenvalue weighted by Crippen LogP contribution is 2.37. The van der Waals surface area contributed by atoms with E-state index in [0.717, 1.165) is 6.08 Å². The summed E-state index contributed by atoms with van der Waals surface area (Å²) in [6.07, 6.45) is -3.42. The number of amides is 2. The number of methoxy groups -OCH3 is 1. The summed E-state index contributed by atoms with van der Waals surface area (Å²) in [5.41, 5.74) is 0.493. The second kappa shape index (κ2) is 9.54. The van der Waals surface area contributed by atoms with Gasteiger partial charge in [0.1, 0.15) is 11.8 Å². The Morgan fingerprint density at radius 1 is 1.16 bits per heavy atom. The standard InChI is InChI=1S/C22H19F3N2O5/c1-31-17-9-5-2-6-14(17)10-11-21(30)32-13-20(29)27-16-8-4-3-7-15(16)26-19(28)12-18(27)22(23,24)25/h2-11,18H,12-13H2,1H3,(H,26,28)/b11-10+. The number of benzene rings is 2. The topological polar surface area (TPSA) is 84.9 Å². The minimum absolute atomic E-state index is 0.0556. The number of halogens is 3. The molecular weight excluding hydrogens is 429 g/mol. The number of carbonyl (C=O) groups is 3. The highest BCUT2D eigenvalue weighted by Gasteiger charge is 2.49. The first-order valence-corrected chi connectivity index (χ1v) is 9.46. The van der Waals surface area contributed by atoms with Crippen molar-refractivity contribution >= 4 is 35.2 Å². The van der Waals surface area contributed by atoms with Gasteiger partial charge in [-0.2, -0.15) is 13.2 Å². The molecule has 7 nitrogen and oxygen atoms in total. The molecular formula is C22H19F3N2O5. The molecule has 10 heteroatoms. The van der Waals surface area contributed by atoms with Crippen LogP contribution in [0.15, 0.2) is 54.6 Å². The minimum atomic E-state index is -4.88. The molecule has 1 unspecified atom stereocenters. The van der Waals surface area contributed by atoms with E-state index in [1.165, 1.54) is 37.5 Å². The van der Waals surface area contributed by atoms with E-state index in [0.29, 0.717) is 16.2 Å². The van der Waals surface area contributed by atoms with Crippen molar-refractivity contribution in [3.63, 3.8) is 0 Å². The van der Waals surface area contributed by atoms with Crippen molar-refractivity contribution in [2.24, 2.45) is 0 Å². The zero-order chi connectivity index (χ0) is 23.3. The summed E-state index contributed by atoms with van der Waals surface area (Å²) >= 11 is 0. The Morgan fingerprint density at radius 2 is 1.84 bits per heavy atom. The second-order valence-electron chi connectivity index (χ2n) is 6.77. The zero-order valence-corrected chi connectivity index (χ0v) is 16.9. The highest BCUT2D eigenvalue weighted by molar-refractivity contribution is 6.05. The molecule has 0 saturated heterocycles. The third-order valence-corrected chi connectivity index (χ3v) is 4.65. The lowest BCUT2D eigenvalue weighted by molar-refractivity contribution is -0.159. The Kier molecular flexibility index (Phi) is 6.82. The Bertz CT molecular complexity index is 1050. The van der Waals surface area contributed by atoms with E-state index in [4.69, 9.17) is 9.47 Å². The van der Waals surface area contributed by atoms with E-state index in [9.17, 15) is 27.6 Å². The first-order valence-electron chi connectivity index (χ1n) is 9.46. The van der Waals surface area contributed by atoms with Crippen LogP contribution < -0.4 is 15.0 Å². The molecule has 0 radical (unpaired) electrons. The van der Waals surface area contributed by atoms with Crippen LogP contribution in [0.3, 0.4) is 0 Å². The van der Waals surface area contributed by atoms with Crippen molar-refractivity contribution in [1.29, 1.82) is 0 Å². The Hall–Kier alpha value is -3.82. The van der Waals surface area contributed by atoms with Gasteiger partial charge in [0.25, 0.3) is 5.91 Å². The summed E-state index contributed by atoms with van der Waals surface area (Å²) in [6.45, 7) is -0.940. The molecule has 0 aromatic heterocycles. The predicted molar refractivity (Wildman–Crippen MR) is 110 cm³/mol. The van der Waals surface area contributed by atoms with Gasteiger partial charge in [-0.25, -0.2) is 4.79 Å². The number of hydrogen-bond donors (Lipinski definition) is 1. The lowest BCUT2D eigenvalue weighted by atomic mass is 10.1. The fraction of sp³-hybridized carbons (Fsp3) is 0.227. The molecule has 1 aliphatic rings. The van der Waals surface area contributed by atoms with Crippen LogP contribution in [0.25, 0.3) is 6.08 Å². The van der Waals surface area contributed by atoms with E-state index in [2.05, 4.69) is 5.32 Å². The van der Waals surface area contributed by atoms with Crippen LogP contribution in [-0.4, -0.2) is 43.7 Å². The maximum absolute atomic E-state index is 13.7. The molecule has 168 valence electrons. The van der Waals surface area contributed by atoms with Crippen molar-refractivity contribution in [2.75, 3.05) is 23.9 Å². The fourth-order valence-electron chi connectivity index (χ4n) is 3.21. The molecule has 1 aliphatic heterocycles. The number of ether oxygens (including phenoxy) is 2. The van der Waals surface area contributed by atoms with Crippen LogP contribution in [0.1, 0.15) is 12.0 Å². The highest BCUT2D eigenvalue weighted by atomic mass is 19.4. The molecule has 1 heterocycles. The third-order valence-electron chi connectivity index (χ3n) is 4.65. The molecule has 2 amide bonds. The number of nitrogens with one attached hydrogen (secondary N) is 1. The summed E-state index contributed by atoms with van der Waals surface area (Å²) in [4.78, 5) is 37.2. The number of anilines is 2. The lowest BCUT2D eigenvalue weighted by Gasteiger charge is -2.31. The van der Waals surface area contributed by atoms with Crippen molar-refractivity contribution in [2.45, 2.75) is 18.6 Å². The van der Waals surface area contributed by atoms with Crippen LogP contribution in [0.5, 0.6) is 5.75 Å². The van der Waals surface area contributed by atoms with Crippen molar-refractivity contribution in [3.8, 4) is 5.75 Å². The maximum Gasteiger partial charge on any atom is 0.409 e. The Labute approximate surface area is 181 Å². The second-order valence-corrected chi connectivity index (χ2v) is 6.77. The maximum atomic E-state index is 13.7. The van der Waals surface area contributed by atoms with Gasteiger partial charge in [0, 0.05) is 11.6 Å². The van der Waals surface area contributed by atoms with E-state index >= 15 is 0 Å². The first kappa shape index (κ1) is 22.9. The number of fused-ring (bicyclic) bond motifs is 1. The fourth-order valence-corrected chi connectivity index (χ4v) is 3.21. The van der Waals surface area contributed by atoms with Gasteiger partial charge < -0.3 is 14.8 Å². The molecule has 0 bridgehead atoms. The number of carbonyl (C=O) groups excluding carboxylic acids is 3. The monoisotopic (exact) mass is 448 g/mol. The van der Waals surface area contributed by atoms with Crippen molar-refractivity contribution in [1.82, 2.24) is 0 Å². The number of alkyl halides is 3. The summed E-state index contributed by atoms with van der Waals surface area (Å²) in [5, 5.41) is 2.36.